The maximum absolute atomic E-state index is 9.82. The van der Waals surface area contributed by atoms with E-state index in [0.717, 1.165) is 51.6 Å². The lowest BCUT2D eigenvalue weighted by Crippen LogP contribution is -2.52. The minimum Gasteiger partial charge on any atom is -0.394 e. The standard InChI is InChI=1S/C15H30N2O2/c1-13-4-5-15(10-13,12-18)16(3)6-7-17-8-9-19-11-14(17)2/h13-14,18H,4-12H2,1-3H3. The van der Waals surface area contributed by atoms with Crippen LogP contribution in [0.5, 0.6) is 0 Å². The molecule has 2 fully saturated rings. The zero-order valence-electron chi connectivity index (χ0n) is 12.8. The molecule has 2 aliphatic rings. The van der Waals surface area contributed by atoms with Gasteiger partial charge in [0.2, 0.25) is 0 Å². The van der Waals surface area contributed by atoms with Gasteiger partial charge in [-0.05, 0) is 39.2 Å². The zero-order chi connectivity index (χ0) is 13.9. The van der Waals surface area contributed by atoms with Crippen molar-refractivity contribution in [1.29, 1.82) is 0 Å². The first kappa shape index (κ1) is 15.2. The summed E-state index contributed by atoms with van der Waals surface area (Å²) in [5, 5.41) is 9.82. The minimum absolute atomic E-state index is 0.0366. The second-order valence-corrected chi connectivity index (χ2v) is 6.61. The van der Waals surface area contributed by atoms with Crippen molar-refractivity contribution in [3.05, 3.63) is 0 Å². The summed E-state index contributed by atoms with van der Waals surface area (Å²) in [7, 11) is 2.18. The molecule has 1 aliphatic heterocycles. The molecule has 1 saturated heterocycles. The van der Waals surface area contributed by atoms with Crippen molar-refractivity contribution >= 4 is 0 Å². The van der Waals surface area contributed by atoms with Gasteiger partial charge in [-0.15, -0.1) is 0 Å². The van der Waals surface area contributed by atoms with Crippen LogP contribution in [0, 0.1) is 5.92 Å². The summed E-state index contributed by atoms with van der Waals surface area (Å²) < 4.78 is 5.48. The van der Waals surface area contributed by atoms with Gasteiger partial charge in [0, 0.05) is 31.2 Å². The third-order valence-electron chi connectivity index (χ3n) is 5.16. The molecule has 4 nitrogen and oxygen atoms in total. The summed E-state index contributed by atoms with van der Waals surface area (Å²) in [5.41, 5.74) is 0.0366. The van der Waals surface area contributed by atoms with E-state index < -0.39 is 0 Å². The largest absolute Gasteiger partial charge is 0.394 e. The summed E-state index contributed by atoms with van der Waals surface area (Å²) in [4.78, 5) is 4.90. The molecule has 1 saturated carbocycles. The van der Waals surface area contributed by atoms with Gasteiger partial charge in [0.25, 0.3) is 0 Å². The van der Waals surface area contributed by atoms with Crippen LogP contribution in [0.3, 0.4) is 0 Å². The van der Waals surface area contributed by atoms with Crippen LogP contribution in [0.1, 0.15) is 33.1 Å². The van der Waals surface area contributed by atoms with Gasteiger partial charge in [-0.1, -0.05) is 6.92 Å². The highest BCUT2D eigenvalue weighted by Crippen LogP contribution is 2.37. The Morgan fingerprint density at radius 3 is 2.79 bits per heavy atom. The maximum atomic E-state index is 9.82. The molecule has 3 unspecified atom stereocenters. The fourth-order valence-corrected chi connectivity index (χ4v) is 3.59. The van der Waals surface area contributed by atoms with Crippen molar-refractivity contribution in [2.45, 2.75) is 44.7 Å². The molecular formula is C15H30N2O2. The molecule has 4 heteroatoms. The van der Waals surface area contributed by atoms with Crippen LogP contribution in [0.25, 0.3) is 0 Å². The molecular weight excluding hydrogens is 240 g/mol. The number of likely N-dealkylation sites (N-methyl/N-ethyl adjacent to an activating group) is 1. The van der Waals surface area contributed by atoms with Crippen molar-refractivity contribution < 1.29 is 9.84 Å². The molecule has 1 aliphatic carbocycles. The smallest absolute Gasteiger partial charge is 0.0619 e. The molecule has 0 aromatic rings. The molecule has 0 bridgehead atoms. The molecule has 0 aromatic heterocycles. The van der Waals surface area contributed by atoms with E-state index in [9.17, 15) is 5.11 Å². The van der Waals surface area contributed by atoms with E-state index in [2.05, 4.69) is 30.7 Å². The van der Waals surface area contributed by atoms with E-state index >= 15 is 0 Å². The number of morpholine rings is 1. The molecule has 3 atom stereocenters. The Labute approximate surface area is 117 Å². The van der Waals surface area contributed by atoms with Gasteiger partial charge in [0.05, 0.1) is 19.8 Å². The first-order valence-corrected chi connectivity index (χ1v) is 7.71. The second-order valence-electron chi connectivity index (χ2n) is 6.61. The maximum Gasteiger partial charge on any atom is 0.0619 e. The molecule has 1 N–H and O–H groups in total. The molecule has 2 rings (SSSR count). The normalized spacial score (nSPS) is 37.1. The van der Waals surface area contributed by atoms with Crippen molar-refractivity contribution in [1.82, 2.24) is 9.80 Å². The molecule has 0 aromatic carbocycles. The van der Waals surface area contributed by atoms with Gasteiger partial charge < -0.3 is 9.84 Å². The third-order valence-corrected chi connectivity index (χ3v) is 5.16. The van der Waals surface area contributed by atoms with Crippen molar-refractivity contribution in [2.75, 3.05) is 46.5 Å². The number of aliphatic hydroxyl groups is 1. The summed E-state index contributed by atoms with van der Waals surface area (Å²) in [5.74, 6) is 0.747. The first-order valence-electron chi connectivity index (χ1n) is 7.71. The Morgan fingerprint density at radius 2 is 2.21 bits per heavy atom. The van der Waals surface area contributed by atoms with Crippen molar-refractivity contribution in [3.63, 3.8) is 0 Å². The number of hydrogen-bond acceptors (Lipinski definition) is 4. The quantitative estimate of drug-likeness (QED) is 0.814. The van der Waals surface area contributed by atoms with Crippen molar-refractivity contribution in [3.8, 4) is 0 Å². The SMILES string of the molecule is CC1CCC(CO)(N(C)CCN2CCOCC2C)C1. The average molecular weight is 270 g/mol. The van der Waals surface area contributed by atoms with E-state index in [0.29, 0.717) is 12.6 Å². The minimum atomic E-state index is 0.0366. The van der Waals surface area contributed by atoms with Gasteiger partial charge in [-0.2, -0.15) is 0 Å². The van der Waals surface area contributed by atoms with E-state index in [1.165, 1.54) is 6.42 Å². The Kier molecular flexibility index (Phi) is 5.23. The van der Waals surface area contributed by atoms with Crippen LogP contribution in [0.15, 0.2) is 0 Å². The van der Waals surface area contributed by atoms with Crippen LogP contribution in [0.2, 0.25) is 0 Å². The fraction of sp³-hybridized carbons (Fsp3) is 1.00. The Balaban J connectivity index is 1.84. The molecule has 0 spiro atoms. The van der Waals surface area contributed by atoms with Crippen LogP contribution in [-0.2, 0) is 4.74 Å². The van der Waals surface area contributed by atoms with Gasteiger partial charge in [-0.3, -0.25) is 9.80 Å². The van der Waals surface area contributed by atoms with Gasteiger partial charge in [0.1, 0.15) is 0 Å². The lowest BCUT2D eigenvalue weighted by Gasteiger charge is -2.40. The number of rotatable bonds is 5. The summed E-state index contributed by atoms with van der Waals surface area (Å²) >= 11 is 0. The number of nitrogens with zero attached hydrogens (tertiary/aromatic N) is 2. The highest BCUT2D eigenvalue weighted by atomic mass is 16.5. The Bertz CT molecular complexity index is 287. The lowest BCUT2D eigenvalue weighted by molar-refractivity contribution is -0.0137. The van der Waals surface area contributed by atoms with Gasteiger partial charge >= 0.3 is 0 Å². The summed E-state index contributed by atoms with van der Waals surface area (Å²) in [6.45, 7) is 9.70. The van der Waals surface area contributed by atoms with Crippen LogP contribution in [0.4, 0.5) is 0 Å². The highest BCUT2D eigenvalue weighted by Gasteiger charge is 2.40. The molecule has 0 amide bonds. The van der Waals surface area contributed by atoms with E-state index in [4.69, 9.17) is 4.74 Å². The summed E-state index contributed by atoms with van der Waals surface area (Å²) in [6, 6.07) is 0.523. The Morgan fingerprint density at radius 1 is 1.42 bits per heavy atom. The van der Waals surface area contributed by atoms with E-state index in [1.807, 2.05) is 0 Å². The van der Waals surface area contributed by atoms with E-state index in [-0.39, 0.29) is 5.54 Å². The lowest BCUT2D eigenvalue weighted by atomic mass is 9.95. The predicted molar refractivity (Wildman–Crippen MR) is 77.3 cm³/mol. The second kappa shape index (κ2) is 6.53. The number of ether oxygens (including phenoxy) is 1. The molecule has 1 heterocycles. The average Bonchev–Trinajstić information content (AvgIpc) is 2.80. The van der Waals surface area contributed by atoms with Crippen LogP contribution >= 0.6 is 0 Å². The Hall–Kier alpha value is -0.160. The predicted octanol–water partition coefficient (Wildman–Crippen LogP) is 1.19. The number of aliphatic hydroxyl groups excluding tert-OH is 1. The monoisotopic (exact) mass is 270 g/mol. The first-order chi connectivity index (χ1) is 9.07. The van der Waals surface area contributed by atoms with Gasteiger partial charge in [-0.25, -0.2) is 0 Å². The molecule has 0 radical (unpaired) electrons. The molecule has 19 heavy (non-hydrogen) atoms. The highest BCUT2D eigenvalue weighted by molar-refractivity contribution is 4.96. The van der Waals surface area contributed by atoms with Crippen LogP contribution in [-0.4, -0.2) is 73.0 Å². The fourth-order valence-electron chi connectivity index (χ4n) is 3.59. The van der Waals surface area contributed by atoms with Crippen LogP contribution < -0.4 is 0 Å². The summed E-state index contributed by atoms with van der Waals surface area (Å²) in [6.07, 6.45) is 3.53. The zero-order valence-corrected chi connectivity index (χ0v) is 12.8. The topological polar surface area (TPSA) is 35.9 Å². The van der Waals surface area contributed by atoms with Crippen molar-refractivity contribution in [2.24, 2.45) is 5.92 Å². The van der Waals surface area contributed by atoms with Gasteiger partial charge in [0.15, 0.2) is 0 Å². The number of hydrogen-bond donors (Lipinski definition) is 1. The third kappa shape index (κ3) is 3.48. The molecule has 112 valence electrons. The van der Waals surface area contributed by atoms with E-state index in [1.54, 1.807) is 0 Å².